The fourth-order valence-electron chi connectivity index (χ4n) is 5.82. The molecule has 41 heavy (non-hydrogen) atoms. The third kappa shape index (κ3) is 6.30. The van der Waals surface area contributed by atoms with E-state index in [0.717, 1.165) is 84.8 Å². The molecule has 9 nitrogen and oxygen atoms in total. The Hall–Kier alpha value is -4.11. The van der Waals surface area contributed by atoms with Crippen molar-refractivity contribution in [3.8, 4) is 0 Å². The largest absolute Gasteiger partial charge is 0.397 e. The summed E-state index contributed by atoms with van der Waals surface area (Å²) in [6.07, 6.45) is 10.3. The third-order valence-corrected chi connectivity index (χ3v) is 8.46. The summed E-state index contributed by atoms with van der Waals surface area (Å²) < 4.78 is 0. The number of carbonyl (C=O) groups excluding carboxylic acids is 1. The number of nitrogens with one attached hydrogen (secondary N) is 3. The zero-order valence-corrected chi connectivity index (χ0v) is 23.9. The fourth-order valence-corrected chi connectivity index (χ4v) is 5.96. The summed E-state index contributed by atoms with van der Waals surface area (Å²) in [5.74, 6) is 1.64. The van der Waals surface area contributed by atoms with Gasteiger partial charge in [-0.15, -0.1) is 0 Å². The minimum atomic E-state index is 0.0514. The number of aryl methyl sites for hydroxylation is 2. The summed E-state index contributed by atoms with van der Waals surface area (Å²) in [4.78, 5) is 28.9. The van der Waals surface area contributed by atoms with Gasteiger partial charge in [0.2, 0.25) is 11.9 Å². The molecule has 1 aromatic heterocycles. The zero-order chi connectivity index (χ0) is 28.3. The van der Waals surface area contributed by atoms with E-state index < -0.39 is 0 Å². The van der Waals surface area contributed by atoms with E-state index in [0.29, 0.717) is 29.1 Å². The van der Waals surface area contributed by atoms with Crippen LogP contribution in [0, 0.1) is 18.8 Å². The first-order chi connectivity index (χ1) is 19.9. The van der Waals surface area contributed by atoms with Crippen LogP contribution in [0.3, 0.4) is 0 Å². The van der Waals surface area contributed by atoms with Crippen LogP contribution in [0.2, 0.25) is 5.02 Å². The Morgan fingerprint density at radius 2 is 2.02 bits per heavy atom. The highest BCUT2D eigenvalue weighted by Gasteiger charge is 2.24. The molecule has 10 heteroatoms. The maximum Gasteiger partial charge on any atom is 0.229 e. The molecule has 0 aliphatic carbocycles. The lowest BCUT2D eigenvalue weighted by molar-refractivity contribution is -0.117. The van der Waals surface area contributed by atoms with Crippen LogP contribution in [0.1, 0.15) is 43.2 Å². The molecule has 4 heterocycles. The van der Waals surface area contributed by atoms with Gasteiger partial charge in [-0.1, -0.05) is 23.7 Å². The van der Waals surface area contributed by atoms with E-state index in [1.54, 1.807) is 6.20 Å². The van der Waals surface area contributed by atoms with Crippen LogP contribution in [0.15, 0.2) is 59.5 Å². The van der Waals surface area contributed by atoms with Crippen molar-refractivity contribution in [3.63, 3.8) is 0 Å². The van der Waals surface area contributed by atoms with Crippen LogP contribution in [0.5, 0.6) is 0 Å². The predicted octanol–water partition coefficient (Wildman–Crippen LogP) is 6.30. The summed E-state index contributed by atoms with van der Waals surface area (Å²) in [6, 6.07) is 12.2. The maximum atomic E-state index is 13.2. The number of hydrogen-bond acceptors (Lipinski definition) is 8. The summed E-state index contributed by atoms with van der Waals surface area (Å²) in [5.41, 5.74) is 13.1. The van der Waals surface area contributed by atoms with Crippen LogP contribution in [0.25, 0.3) is 0 Å². The normalized spacial score (nSPS) is 18.6. The van der Waals surface area contributed by atoms with Crippen molar-refractivity contribution in [2.45, 2.75) is 45.4 Å². The monoisotopic (exact) mass is 570 g/mol. The number of anilines is 6. The average molecular weight is 571 g/mol. The molecule has 1 atom stereocenters. The number of hydrogen-bond donors (Lipinski definition) is 4. The van der Waals surface area contributed by atoms with Gasteiger partial charge in [0.1, 0.15) is 5.02 Å². The molecular weight excluding hydrogens is 536 g/mol. The first-order valence-corrected chi connectivity index (χ1v) is 14.6. The van der Waals surface area contributed by atoms with Gasteiger partial charge in [0.25, 0.3) is 0 Å². The van der Waals surface area contributed by atoms with E-state index in [4.69, 9.17) is 17.3 Å². The van der Waals surface area contributed by atoms with Crippen molar-refractivity contribution in [1.82, 2.24) is 9.97 Å². The number of aromatic nitrogens is 2. The molecule has 0 radical (unpaired) electrons. The molecule has 5 N–H and O–H groups in total. The Bertz CT molecular complexity index is 1510. The second-order valence-electron chi connectivity index (χ2n) is 11.2. The van der Waals surface area contributed by atoms with E-state index in [9.17, 15) is 4.79 Å². The summed E-state index contributed by atoms with van der Waals surface area (Å²) in [6.45, 7) is 3.84. The van der Waals surface area contributed by atoms with Gasteiger partial charge in [-0.3, -0.25) is 9.79 Å². The van der Waals surface area contributed by atoms with Crippen LogP contribution in [-0.4, -0.2) is 35.2 Å². The molecule has 3 aliphatic rings. The summed E-state index contributed by atoms with van der Waals surface area (Å²) in [7, 11) is 0. The number of nitrogen functional groups attached to an aromatic ring is 1. The second-order valence-corrected chi connectivity index (χ2v) is 11.6. The van der Waals surface area contributed by atoms with Gasteiger partial charge in [0.05, 0.1) is 17.6 Å². The van der Waals surface area contributed by atoms with E-state index in [2.05, 4.69) is 54.0 Å². The lowest BCUT2D eigenvalue weighted by Crippen LogP contribution is -2.35. The molecule has 212 valence electrons. The third-order valence-electron chi connectivity index (χ3n) is 8.18. The Balaban J connectivity index is 1.14. The molecule has 1 saturated heterocycles. The predicted molar refractivity (Wildman–Crippen MR) is 167 cm³/mol. The molecule has 6 bridgehead atoms. The number of aliphatic imine (C=N–C) groups is 1. The first-order valence-electron chi connectivity index (χ1n) is 14.2. The van der Waals surface area contributed by atoms with Gasteiger partial charge >= 0.3 is 0 Å². The fraction of sp³-hybridized carbons (Fsp3) is 0.355. The highest BCUT2D eigenvalue weighted by molar-refractivity contribution is 6.32. The van der Waals surface area contributed by atoms with Crippen molar-refractivity contribution >= 4 is 58.2 Å². The Morgan fingerprint density at radius 3 is 2.88 bits per heavy atom. The van der Waals surface area contributed by atoms with E-state index in [1.807, 2.05) is 37.5 Å². The van der Waals surface area contributed by atoms with Crippen molar-refractivity contribution < 1.29 is 4.79 Å². The molecule has 3 aliphatic heterocycles. The highest BCUT2D eigenvalue weighted by Crippen LogP contribution is 2.33. The van der Waals surface area contributed by atoms with E-state index in [-0.39, 0.29) is 11.8 Å². The zero-order valence-electron chi connectivity index (χ0n) is 23.2. The Labute approximate surface area is 245 Å². The minimum Gasteiger partial charge on any atom is -0.397 e. The number of rotatable bonds is 4. The number of nitrogens with zero attached hydrogens (tertiary/aromatic N) is 4. The average Bonchev–Trinajstić information content (AvgIpc) is 2.97. The van der Waals surface area contributed by atoms with Gasteiger partial charge in [-0.25, -0.2) is 4.98 Å². The molecule has 6 rings (SSSR count). The number of fused-ring (bicyclic) bond motifs is 6. The summed E-state index contributed by atoms with van der Waals surface area (Å²) >= 11 is 6.40. The van der Waals surface area contributed by atoms with Crippen LogP contribution in [-0.2, 0) is 11.2 Å². The van der Waals surface area contributed by atoms with Crippen molar-refractivity contribution in [3.05, 3.63) is 70.6 Å². The molecule has 0 spiro atoms. The second kappa shape index (κ2) is 11.8. The van der Waals surface area contributed by atoms with Crippen LogP contribution >= 0.6 is 11.6 Å². The standard InChI is InChI=1S/C31H35ClN8O/c1-19-3-2-4-27(29(19)33)40-11-9-20(10-12-40)14-28(41)38-26-8-7-23-15-22(26)6-5-21-13-24(17-34-16-21)37-31-35-18-25(32)30(36-23)39-31/h2-4,7-8,15-18,20-21H,5-6,9-14,33H2,1H3,(H,38,41)(H2,35,36,37,39). The van der Waals surface area contributed by atoms with Gasteiger partial charge in [0, 0.05) is 54.9 Å². The molecular formula is C31H35ClN8O. The van der Waals surface area contributed by atoms with Crippen molar-refractivity contribution in [1.29, 1.82) is 0 Å². The Kier molecular flexibility index (Phi) is 7.78. The van der Waals surface area contributed by atoms with Gasteiger partial charge in [-0.05, 0) is 80.3 Å². The number of amides is 1. The number of benzene rings is 2. The molecule has 0 saturated carbocycles. The smallest absolute Gasteiger partial charge is 0.229 e. The topological polar surface area (TPSA) is 121 Å². The van der Waals surface area contributed by atoms with E-state index >= 15 is 0 Å². The minimum absolute atomic E-state index is 0.0514. The lowest BCUT2D eigenvalue weighted by atomic mass is 9.92. The molecule has 1 amide bonds. The summed E-state index contributed by atoms with van der Waals surface area (Å²) in [5, 5.41) is 10.2. The number of piperidine rings is 1. The lowest BCUT2D eigenvalue weighted by Gasteiger charge is -2.34. The number of allylic oxidation sites excluding steroid dienone is 1. The number of halogens is 1. The number of nitrogens with two attached hydrogens (primary N) is 1. The van der Waals surface area contributed by atoms with Gasteiger partial charge in [0.15, 0.2) is 5.82 Å². The first kappa shape index (κ1) is 27.1. The molecule has 2 aromatic carbocycles. The SMILES string of the molecule is Cc1cccc(N2CCC(CC(=O)Nc3ccc4cc3CCC3C=NC=C(C3)Nc3ncc(Cl)c(n3)N4)CC2)c1N. The van der Waals surface area contributed by atoms with Crippen molar-refractivity contribution in [2.24, 2.45) is 16.8 Å². The molecule has 1 fully saturated rings. The molecule has 1 unspecified atom stereocenters. The molecule has 3 aromatic rings. The van der Waals surface area contributed by atoms with E-state index in [1.165, 1.54) is 0 Å². The Morgan fingerprint density at radius 1 is 1.17 bits per heavy atom. The van der Waals surface area contributed by atoms with Gasteiger partial charge in [-0.2, -0.15) is 4.98 Å². The van der Waals surface area contributed by atoms with Crippen molar-refractivity contribution in [2.75, 3.05) is 39.7 Å². The maximum absolute atomic E-state index is 13.2. The van der Waals surface area contributed by atoms with Crippen LogP contribution in [0.4, 0.5) is 34.5 Å². The number of para-hydroxylation sites is 1. The van der Waals surface area contributed by atoms with Crippen LogP contribution < -0.4 is 26.6 Å². The number of carbonyl (C=O) groups is 1. The van der Waals surface area contributed by atoms with Gasteiger partial charge < -0.3 is 26.6 Å². The highest BCUT2D eigenvalue weighted by atomic mass is 35.5. The quantitative estimate of drug-likeness (QED) is 0.272.